The smallest absolute Gasteiger partial charge is 0.410 e. The van der Waals surface area contributed by atoms with Crippen molar-refractivity contribution in [3.05, 3.63) is 64.6 Å². The molecule has 9 heteroatoms. The summed E-state index contributed by atoms with van der Waals surface area (Å²) in [6.07, 6.45) is 6.71. The molecule has 0 saturated carbocycles. The molecule has 0 unspecified atom stereocenters. The number of carbonyl (C=O) groups is 2. The van der Waals surface area contributed by atoms with Gasteiger partial charge in [-0.3, -0.25) is 9.78 Å². The Morgan fingerprint density at radius 2 is 1.97 bits per heavy atom. The molecule has 0 radical (unpaired) electrons. The molecule has 206 valence electrons. The second kappa shape index (κ2) is 9.82. The first-order valence-corrected chi connectivity index (χ1v) is 14.2. The Bertz CT molecular complexity index is 1420. The Morgan fingerprint density at radius 3 is 2.74 bits per heavy atom. The molecule has 1 atom stereocenters. The number of pyridine rings is 1. The standard InChI is InChI=1S/C30H35ClN4O4/c1-29(2,3)39-28(37)35-13-5-7-22(35)17-34-18-24(23-9-8-21(31)16-25(23)34)27(36)33-14-10-30(11-15-33)26-20(19-38-30)6-4-12-32-26/h4,6,8-9,12,16,18,22H,5,7,10-11,13-15,17,19H2,1-3H3/t22-/m1/s1. The van der Waals surface area contributed by atoms with E-state index in [0.717, 1.165) is 47.8 Å². The zero-order valence-corrected chi connectivity index (χ0v) is 23.5. The summed E-state index contributed by atoms with van der Waals surface area (Å²) in [5.74, 6) is 0.00517. The normalized spacial score (nSPS) is 20.6. The first-order valence-electron chi connectivity index (χ1n) is 13.8. The average molecular weight is 551 g/mol. The third kappa shape index (κ3) is 4.89. The fourth-order valence-electron chi connectivity index (χ4n) is 6.27. The summed E-state index contributed by atoms with van der Waals surface area (Å²) in [6.45, 7) is 8.66. The molecule has 39 heavy (non-hydrogen) atoms. The number of halogens is 1. The molecule has 3 aliphatic rings. The van der Waals surface area contributed by atoms with Crippen LogP contribution in [0.1, 0.15) is 68.1 Å². The third-order valence-electron chi connectivity index (χ3n) is 8.17. The molecule has 0 bridgehead atoms. The van der Waals surface area contributed by atoms with E-state index in [0.29, 0.717) is 43.4 Å². The van der Waals surface area contributed by atoms with Crippen molar-refractivity contribution in [3.63, 3.8) is 0 Å². The molecule has 5 heterocycles. The van der Waals surface area contributed by atoms with Crippen LogP contribution < -0.4 is 0 Å². The fraction of sp³-hybridized carbons (Fsp3) is 0.500. The highest BCUT2D eigenvalue weighted by Gasteiger charge is 2.45. The predicted molar refractivity (Wildman–Crippen MR) is 149 cm³/mol. The van der Waals surface area contributed by atoms with Gasteiger partial charge in [0.2, 0.25) is 0 Å². The molecule has 0 aliphatic carbocycles. The maximum Gasteiger partial charge on any atom is 0.410 e. The number of hydrogen-bond acceptors (Lipinski definition) is 5. The van der Waals surface area contributed by atoms with E-state index in [4.69, 9.17) is 21.1 Å². The third-order valence-corrected chi connectivity index (χ3v) is 8.41. The quantitative estimate of drug-likeness (QED) is 0.415. The van der Waals surface area contributed by atoms with Crippen LogP contribution in [0, 0.1) is 0 Å². The van der Waals surface area contributed by atoms with E-state index in [2.05, 4.69) is 15.6 Å². The van der Waals surface area contributed by atoms with Gasteiger partial charge in [-0.1, -0.05) is 23.7 Å². The summed E-state index contributed by atoms with van der Waals surface area (Å²) in [5, 5.41) is 1.48. The lowest BCUT2D eigenvalue weighted by Crippen LogP contribution is -2.45. The minimum absolute atomic E-state index is 0.00517. The molecule has 1 spiro atoms. The summed E-state index contributed by atoms with van der Waals surface area (Å²) in [5.41, 5.74) is 2.77. The number of benzene rings is 1. The van der Waals surface area contributed by atoms with Crippen LogP contribution in [0.3, 0.4) is 0 Å². The molecule has 6 rings (SSSR count). The Kier molecular flexibility index (Phi) is 6.58. The van der Waals surface area contributed by atoms with Gasteiger partial charge in [-0.25, -0.2) is 4.79 Å². The van der Waals surface area contributed by atoms with Crippen LogP contribution in [-0.4, -0.2) is 62.6 Å². The lowest BCUT2D eigenvalue weighted by molar-refractivity contribution is -0.0762. The van der Waals surface area contributed by atoms with Crippen molar-refractivity contribution in [1.29, 1.82) is 0 Å². The van der Waals surface area contributed by atoms with E-state index in [9.17, 15) is 9.59 Å². The van der Waals surface area contributed by atoms with E-state index >= 15 is 0 Å². The van der Waals surface area contributed by atoms with Crippen LogP contribution in [-0.2, 0) is 28.2 Å². The van der Waals surface area contributed by atoms with Crippen LogP contribution >= 0.6 is 11.6 Å². The van der Waals surface area contributed by atoms with Gasteiger partial charge in [0.15, 0.2) is 0 Å². The molecule has 2 aromatic heterocycles. The van der Waals surface area contributed by atoms with Gasteiger partial charge in [0.05, 0.1) is 29.4 Å². The van der Waals surface area contributed by atoms with Gasteiger partial charge in [0, 0.05) is 54.5 Å². The van der Waals surface area contributed by atoms with E-state index in [1.165, 1.54) is 0 Å². The van der Waals surface area contributed by atoms with Gasteiger partial charge >= 0.3 is 6.09 Å². The number of rotatable bonds is 3. The van der Waals surface area contributed by atoms with Crippen LogP contribution in [0.25, 0.3) is 10.9 Å². The molecular formula is C30H35ClN4O4. The van der Waals surface area contributed by atoms with E-state index in [1.54, 1.807) is 0 Å². The summed E-state index contributed by atoms with van der Waals surface area (Å²) in [6, 6.07) is 9.66. The van der Waals surface area contributed by atoms with Crippen molar-refractivity contribution in [2.24, 2.45) is 0 Å². The number of fused-ring (bicyclic) bond motifs is 3. The van der Waals surface area contributed by atoms with Crippen molar-refractivity contribution in [2.45, 2.75) is 76.9 Å². The Balaban J connectivity index is 1.23. The van der Waals surface area contributed by atoms with Gasteiger partial charge in [0.25, 0.3) is 5.91 Å². The second-order valence-electron chi connectivity index (χ2n) is 11.9. The molecule has 0 N–H and O–H groups in total. The molecule has 3 aromatic rings. The molecule has 2 amide bonds. The van der Waals surface area contributed by atoms with Gasteiger partial charge in [0.1, 0.15) is 11.2 Å². The molecule has 2 saturated heterocycles. The molecule has 8 nitrogen and oxygen atoms in total. The summed E-state index contributed by atoms with van der Waals surface area (Å²) in [7, 11) is 0. The van der Waals surface area contributed by atoms with Crippen molar-refractivity contribution >= 4 is 34.5 Å². The number of hydrogen-bond donors (Lipinski definition) is 0. The Hall–Kier alpha value is -3.10. The van der Waals surface area contributed by atoms with E-state index in [1.807, 2.05) is 67.2 Å². The van der Waals surface area contributed by atoms with Crippen molar-refractivity contribution < 1.29 is 19.1 Å². The SMILES string of the molecule is CC(C)(C)OC(=O)N1CCC[C@@H]1Cn1cc(C(=O)N2CCC3(CC2)OCc2cccnc23)c2ccc(Cl)cc21. The first kappa shape index (κ1) is 26.1. The minimum atomic E-state index is -0.549. The fourth-order valence-corrected chi connectivity index (χ4v) is 6.44. The number of aromatic nitrogens is 2. The van der Waals surface area contributed by atoms with Crippen LogP contribution in [0.2, 0.25) is 5.02 Å². The topological polar surface area (TPSA) is 76.9 Å². The Morgan fingerprint density at radius 1 is 1.18 bits per heavy atom. The summed E-state index contributed by atoms with van der Waals surface area (Å²) >= 11 is 6.39. The lowest BCUT2D eigenvalue weighted by Gasteiger charge is -2.38. The highest BCUT2D eigenvalue weighted by molar-refractivity contribution is 6.31. The Labute approximate surface area is 233 Å². The van der Waals surface area contributed by atoms with Gasteiger partial charge < -0.3 is 23.8 Å². The molecule has 2 fully saturated rings. The highest BCUT2D eigenvalue weighted by Crippen LogP contribution is 2.43. The lowest BCUT2D eigenvalue weighted by atomic mass is 9.87. The highest BCUT2D eigenvalue weighted by atomic mass is 35.5. The maximum absolute atomic E-state index is 13.9. The number of nitrogens with zero attached hydrogens (tertiary/aromatic N) is 4. The van der Waals surface area contributed by atoms with E-state index < -0.39 is 11.2 Å². The largest absolute Gasteiger partial charge is 0.444 e. The number of amides is 2. The maximum atomic E-state index is 13.9. The first-order chi connectivity index (χ1) is 18.6. The summed E-state index contributed by atoms with van der Waals surface area (Å²) < 4.78 is 14.0. The van der Waals surface area contributed by atoms with Crippen LogP contribution in [0.15, 0.2) is 42.7 Å². The zero-order valence-electron chi connectivity index (χ0n) is 22.8. The van der Waals surface area contributed by atoms with E-state index in [-0.39, 0.29) is 18.0 Å². The van der Waals surface area contributed by atoms with Crippen molar-refractivity contribution in [1.82, 2.24) is 19.4 Å². The zero-order chi connectivity index (χ0) is 27.4. The average Bonchev–Trinajstić information content (AvgIpc) is 3.60. The number of carbonyl (C=O) groups excluding carboxylic acids is 2. The summed E-state index contributed by atoms with van der Waals surface area (Å²) in [4.78, 5) is 35.1. The number of ether oxygens (including phenoxy) is 2. The number of likely N-dealkylation sites (tertiary alicyclic amines) is 2. The number of piperidine rings is 1. The van der Waals surface area contributed by atoms with Gasteiger partial charge in [-0.15, -0.1) is 0 Å². The minimum Gasteiger partial charge on any atom is -0.444 e. The van der Waals surface area contributed by atoms with Crippen molar-refractivity contribution in [3.8, 4) is 0 Å². The van der Waals surface area contributed by atoms with Gasteiger partial charge in [-0.2, -0.15) is 0 Å². The molecule has 3 aliphatic heterocycles. The van der Waals surface area contributed by atoms with Crippen molar-refractivity contribution in [2.75, 3.05) is 19.6 Å². The second-order valence-corrected chi connectivity index (χ2v) is 12.3. The predicted octanol–water partition coefficient (Wildman–Crippen LogP) is 5.75. The monoisotopic (exact) mass is 550 g/mol. The molecular weight excluding hydrogens is 516 g/mol. The van der Waals surface area contributed by atoms with Crippen LogP contribution in [0.5, 0.6) is 0 Å². The van der Waals surface area contributed by atoms with Crippen LogP contribution in [0.4, 0.5) is 4.79 Å². The van der Waals surface area contributed by atoms with Gasteiger partial charge in [-0.05, 0) is 64.7 Å². The molecule has 1 aromatic carbocycles.